The Hall–Kier alpha value is -1.54. The molecule has 3 aromatic rings. The second-order valence-corrected chi connectivity index (χ2v) is 46.8. The van der Waals surface area contributed by atoms with Crippen LogP contribution < -0.4 is 0 Å². The molecule has 244 valence electrons. The molecule has 3 aromatic carbocycles. The molecule has 0 unspecified atom stereocenters. The van der Waals surface area contributed by atoms with Gasteiger partial charge in [0.1, 0.15) is 0 Å². The van der Waals surface area contributed by atoms with E-state index in [4.69, 9.17) is 17.2 Å². The fraction of sp³-hybridized carbons (Fsp3) is 0.465. The molecule has 0 atom stereocenters. The van der Waals surface area contributed by atoms with Crippen molar-refractivity contribution in [1.29, 1.82) is 0 Å². The summed E-state index contributed by atoms with van der Waals surface area (Å²) < 4.78 is 1.43. The summed E-state index contributed by atoms with van der Waals surface area (Å²) in [5, 5.41) is 0. The number of rotatable bonds is 6. The first kappa shape index (κ1) is 34.3. The first-order valence-corrected chi connectivity index (χ1v) is 32.5. The van der Waals surface area contributed by atoms with E-state index in [1.54, 1.807) is 0 Å². The van der Waals surface area contributed by atoms with Gasteiger partial charge < -0.3 is 0 Å². The predicted molar refractivity (Wildman–Crippen MR) is 201 cm³/mol. The summed E-state index contributed by atoms with van der Waals surface area (Å²) in [6, 6.07) is 21.8. The Balaban J connectivity index is 1.81. The molecule has 0 spiro atoms. The van der Waals surface area contributed by atoms with E-state index in [0.717, 1.165) is 0 Å². The summed E-state index contributed by atoms with van der Waals surface area (Å²) in [4.78, 5) is 0. The van der Waals surface area contributed by atoms with Crippen LogP contribution in [-0.4, -0.2) is 3.26 Å². The van der Waals surface area contributed by atoms with Crippen LogP contribution in [0.2, 0.25) is 3.67 Å². The predicted octanol–water partition coefficient (Wildman–Crippen LogP) is 13.5. The molecule has 3 aliphatic carbocycles. The van der Waals surface area contributed by atoms with Gasteiger partial charge in [-0.2, -0.15) is 0 Å². The van der Waals surface area contributed by atoms with Gasteiger partial charge in [-0.05, 0) is 0 Å². The van der Waals surface area contributed by atoms with Crippen molar-refractivity contribution in [2.24, 2.45) is 5.92 Å². The van der Waals surface area contributed by atoms with Crippen molar-refractivity contribution in [3.05, 3.63) is 118 Å². The molecule has 1 fully saturated rings. The van der Waals surface area contributed by atoms with Gasteiger partial charge in [0.15, 0.2) is 0 Å². The fourth-order valence-corrected chi connectivity index (χ4v) is 38.0. The SMILES string of the molecule is CC(C)c1cc([C](C2CCC2)=[Hf]([Cl])([Cl])([CH]2C=CC=C2)[CH]2c3cc(C(C)(C)C)ccc3-c3ccc(C(C)(C)C)cc32)cc(C(C)C)c1. The Labute approximate surface area is 287 Å². The van der Waals surface area contributed by atoms with Crippen molar-refractivity contribution < 1.29 is 15.7 Å². The minimum absolute atomic E-state index is 0.0153. The average Bonchev–Trinajstić information content (AvgIpc) is 3.61. The van der Waals surface area contributed by atoms with Crippen molar-refractivity contribution in [3.63, 3.8) is 0 Å². The number of hydrogen-bond donors (Lipinski definition) is 0. The fourth-order valence-electron chi connectivity index (χ4n) is 8.17. The summed E-state index contributed by atoms with van der Waals surface area (Å²) in [6.07, 6.45) is 12.7. The van der Waals surface area contributed by atoms with Crippen molar-refractivity contribution in [2.45, 2.75) is 119 Å². The molecule has 0 aromatic heterocycles. The Morgan fingerprint density at radius 2 is 1.13 bits per heavy atom. The molecule has 0 amide bonds. The molecule has 0 radical (unpaired) electrons. The van der Waals surface area contributed by atoms with Crippen LogP contribution in [0, 0.1) is 5.92 Å². The Bertz CT molecular complexity index is 1710. The molecule has 1 saturated carbocycles. The van der Waals surface area contributed by atoms with Crippen LogP contribution in [0.3, 0.4) is 0 Å². The van der Waals surface area contributed by atoms with Crippen LogP contribution in [0.4, 0.5) is 0 Å². The van der Waals surface area contributed by atoms with Crippen molar-refractivity contribution in [2.75, 3.05) is 0 Å². The van der Waals surface area contributed by atoms with Crippen LogP contribution in [0.15, 0.2) is 78.9 Å². The number of halogens is 2. The first-order chi connectivity index (χ1) is 21.4. The average molecular weight is 820 g/mol. The van der Waals surface area contributed by atoms with Gasteiger partial charge >= 0.3 is 289 Å². The number of allylic oxidation sites excluding steroid dienone is 4. The molecular formula is C43H54Cl2Hf. The molecule has 6 rings (SSSR count). The van der Waals surface area contributed by atoms with Crippen LogP contribution in [0.1, 0.15) is 143 Å². The number of fused-ring (bicyclic) bond motifs is 3. The molecule has 0 heterocycles. The molecule has 0 saturated heterocycles. The zero-order valence-electron chi connectivity index (χ0n) is 29.8. The summed E-state index contributed by atoms with van der Waals surface area (Å²) in [7, 11) is 17.8. The Morgan fingerprint density at radius 3 is 1.50 bits per heavy atom. The topological polar surface area (TPSA) is 0 Å². The van der Waals surface area contributed by atoms with Crippen LogP contribution >= 0.6 is 17.2 Å². The molecule has 0 aliphatic heterocycles. The van der Waals surface area contributed by atoms with Gasteiger partial charge in [-0.15, -0.1) is 0 Å². The van der Waals surface area contributed by atoms with Crippen molar-refractivity contribution in [3.8, 4) is 11.1 Å². The van der Waals surface area contributed by atoms with Gasteiger partial charge in [0, 0.05) is 0 Å². The molecule has 3 heteroatoms. The van der Waals surface area contributed by atoms with Gasteiger partial charge in [0.05, 0.1) is 0 Å². The van der Waals surface area contributed by atoms with E-state index < -0.39 is 15.7 Å². The Morgan fingerprint density at radius 1 is 0.674 bits per heavy atom. The number of hydrogen-bond acceptors (Lipinski definition) is 0. The van der Waals surface area contributed by atoms with E-state index in [1.165, 1.54) is 72.6 Å². The normalized spacial score (nSPS) is 17.6. The third-order valence-electron chi connectivity index (χ3n) is 11.3. The molecule has 0 bridgehead atoms. The van der Waals surface area contributed by atoms with Crippen LogP contribution in [-0.2, 0) is 26.5 Å². The maximum atomic E-state index is 8.91. The third kappa shape index (κ3) is 5.67. The summed E-state index contributed by atoms with van der Waals surface area (Å²) in [5.74, 6) is 1.27. The molecule has 3 aliphatic rings. The van der Waals surface area contributed by atoms with Gasteiger partial charge in [-0.3, -0.25) is 0 Å². The summed E-state index contributed by atoms with van der Waals surface area (Å²) in [5.41, 5.74) is 12.2. The Kier molecular flexibility index (Phi) is 8.81. The monoisotopic (exact) mass is 820 g/mol. The zero-order chi connectivity index (χ0) is 33.4. The van der Waals surface area contributed by atoms with Crippen LogP contribution in [0.5, 0.6) is 0 Å². The van der Waals surface area contributed by atoms with E-state index in [2.05, 4.69) is 148 Å². The third-order valence-corrected chi connectivity index (χ3v) is 40.3. The van der Waals surface area contributed by atoms with E-state index >= 15 is 0 Å². The maximum absolute atomic E-state index is 8.91. The summed E-state index contributed by atoms with van der Waals surface area (Å²) in [6.45, 7) is 23.2. The summed E-state index contributed by atoms with van der Waals surface area (Å²) >= 11 is -5.42. The van der Waals surface area contributed by atoms with E-state index in [0.29, 0.717) is 17.8 Å². The van der Waals surface area contributed by atoms with Gasteiger partial charge in [0.25, 0.3) is 0 Å². The quantitative estimate of drug-likeness (QED) is 0.217. The van der Waals surface area contributed by atoms with E-state index in [1.807, 2.05) is 0 Å². The molecule has 46 heavy (non-hydrogen) atoms. The van der Waals surface area contributed by atoms with Crippen molar-refractivity contribution >= 4 is 20.4 Å². The number of benzene rings is 3. The van der Waals surface area contributed by atoms with Gasteiger partial charge in [-0.25, -0.2) is 0 Å². The molecule has 0 nitrogen and oxygen atoms in total. The van der Waals surface area contributed by atoms with Gasteiger partial charge in [0.2, 0.25) is 0 Å². The van der Waals surface area contributed by atoms with E-state index in [9.17, 15) is 0 Å². The first-order valence-electron chi connectivity index (χ1n) is 17.6. The molecule has 0 N–H and O–H groups in total. The molecular weight excluding hydrogens is 766 g/mol. The second-order valence-electron chi connectivity index (χ2n) is 17.2. The van der Waals surface area contributed by atoms with Crippen molar-refractivity contribution in [1.82, 2.24) is 0 Å². The van der Waals surface area contributed by atoms with Crippen LogP contribution in [0.25, 0.3) is 11.1 Å². The zero-order valence-corrected chi connectivity index (χ0v) is 34.9. The minimum atomic E-state index is -5.42. The standard InChI is InChI=1S/C21H25.C17H24.C5H5.2ClH.Hf/c1-20(2,3)16-7-9-18-14(12-16)11-15-13-17(21(4,5)6)8-10-19(15)18;1-12(2)16-9-15(8-14-6-5-7-14)10-17(11-16)13(3)4;1-2-4-5-3-1;;;/h7-13H,1-6H3;9-14H,5-7H2,1-4H3;1-5H;2*1H;/q;;;;;+2/p-2. The van der Waals surface area contributed by atoms with Gasteiger partial charge in [-0.1, -0.05) is 0 Å². The second kappa shape index (κ2) is 11.8. The van der Waals surface area contributed by atoms with E-state index in [-0.39, 0.29) is 18.2 Å².